The maximum atomic E-state index is 13.7. The number of para-hydroxylation sites is 1. The van der Waals surface area contributed by atoms with Crippen LogP contribution in [0.3, 0.4) is 0 Å². The molecule has 2 aromatic carbocycles. The smallest absolute Gasteiger partial charge is 0.247 e. The third kappa shape index (κ3) is 6.51. The van der Waals surface area contributed by atoms with E-state index in [1.807, 2.05) is 24.3 Å². The third-order valence-corrected chi connectivity index (χ3v) is 5.87. The van der Waals surface area contributed by atoms with Gasteiger partial charge in [0.05, 0.1) is 26.3 Å². The largest absolute Gasteiger partial charge is 0.493 e. The number of carbonyl (C=O) groups excluding carboxylic acids is 2. The van der Waals surface area contributed by atoms with E-state index in [-0.39, 0.29) is 31.5 Å². The number of fused-ring (bicyclic) bond motifs is 1. The first kappa shape index (κ1) is 26.9. The Labute approximate surface area is 211 Å². The second kappa shape index (κ2) is 12.9. The van der Waals surface area contributed by atoms with Gasteiger partial charge in [-0.1, -0.05) is 37.3 Å². The van der Waals surface area contributed by atoms with Crippen LogP contribution in [0.25, 0.3) is 11.0 Å². The molecule has 1 heterocycles. The Morgan fingerprint density at radius 2 is 1.81 bits per heavy atom. The molecule has 0 saturated heterocycles. The van der Waals surface area contributed by atoms with E-state index < -0.39 is 6.04 Å². The van der Waals surface area contributed by atoms with E-state index >= 15 is 0 Å². The van der Waals surface area contributed by atoms with E-state index in [1.165, 1.54) is 12.0 Å². The quantitative estimate of drug-likeness (QED) is 0.387. The van der Waals surface area contributed by atoms with Crippen molar-refractivity contribution in [3.05, 3.63) is 48.0 Å². The fourth-order valence-corrected chi connectivity index (χ4v) is 3.92. The second-order valence-corrected chi connectivity index (χ2v) is 8.81. The molecular weight excluding hydrogens is 462 g/mol. The van der Waals surface area contributed by atoms with Crippen LogP contribution >= 0.6 is 0 Å². The molecule has 3 rings (SSSR count). The van der Waals surface area contributed by atoms with Crippen LogP contribution in [0, 0.1) is 5.92 Å². The molecule has 0 radical (unpaired) electrons. The molecule has 0 bridgehead atoms. The van der Waals surface area contributed by atoms with E-state index in [4.69, 9.17) is 14.2 Å². The van der Waals surface area contributed by atoms with Crippen molar-refractivity contribution in [3.8, 4) is 11.5 Å². The molecule has 3 aromatic rings. The van der Waals surface area contributed by atoms with Crippen LogP contribution in [-0.4, -0.2) is 72.7 Å². The number of nitrogens with zero attached hydrogens (tertiary/aromatic N) is 4. The molecule has 194 valence electrons. The summed E-state index contributed by atoms with van der Waals surface area (Å²) in [7, 11) is 4.63. The molecule has 1 aromatic heterocycles. The third-order valence-electron chi connectivity index (χ3n) is 5.87. The van der Waals surface area contributed by atoms with Gasteiger partial charge in [0.25, 0.3) is 0 Å². The number of hydrogen-bond acceptors (Lipinski definition) is 7. The zero-order valence-electron chi connectivity index (χ0n) is 21.6. The van der Waals surface area contributed by atoms with Crippen molar-refractivity contribution in [2.45, 2.75) is 32.9 Å². The summed E-state index contributed by atoms with van der Waals surface area (Å²) in [5.74, 6) is 0.856. The average molecular weight is 498 g/mol. The first-order chi connectivity index (χ1) is 17.4. The molecule has 1 N–H and O–H groups in total. The fraction of sp³-hybridized carbons (Fsp3) is 0.462. The lowest BCUT2D eigenvalue weighted by molar-refractivity contribution is -0.142. The maximum Gasteiger partial charge on any atom is 0.247 e. The zero-order valence-corrected chi connectivity index (χ0v) is 21.6. The van der Waals surface area contributed by atoms with Gasteiger partial charge >= 0.3 is 0 Å². The van der Waals surface area contributed by atoms with Crippen LogP contribution in [0.2, 0.25) is 0 Å². The van der Waals surface area contributed by atoms with Crippen molar-refractivity contribution < 1.29 is 23.8 Å². The van der Waals surface area contributed by atoms with Gasteiger partial charge < -0.3 is 24.4 Å². The van der Waals surface area contributed by atoms with Crippen LogP contribution < -0.4 is 14.8 Å². The lowest BCUT2D eigenvalue weighted by Crippen LogP contribution is -2.46. The summed E-state index contributed by atoms with van der Waals surface area (Å²) in [6.07, 6.45) is 0.821. The monoisotopic (exact) mass is 497 g/mol. The van der Waals surface area contributed by atoms with Crippen molar-refractivity contribution in [2.75, 3.05) is 41.0 Å². The highest BCUT2D eigenvalue weighted by Crippen LogP contribution is 2.32. The molecule has 0 spiro atoms. The first-order valence-electron chi connectivity index (χ1n) is 12.0. The number of carbonyl (C=O) groups is 2. The van der Waals surface area contributed by atoms with Crippen LogP contribution in [0.1, 0.15) is 31.9 Å². The summed E-state index contributed by atoms with van der Waals surface area (Å²) < 4.78 is 17.7. The van der Waals surface area contributed by atoms with E-state index in [1.54, 1.807) is 37.1 Å². The molecule has 0 aliphatic heterocycles. The Morgan fingerprint density at radius 3 is 2.50 bits per heavy atom. The van der Waals surface area contributed by atoms with Crippen LogP contribution in [-0.2, 0) is 20.9 Å². The highest BCUT2D eigenvalue weighted by molar-refractivity contribution is 5.89. The molecule has 10 heteroatoms. The van der Waals surface area contributed by atoms with Gasteiger partial charge in [-0.3, -0.25) is 9.59 Å². The molecular formula is C26H35N5O5. The van der Waals surface area contributed by atoms with Crippen LogP contribution in [0.4, 0.5) is 0 Å². The summed E-state index contributed by atoms with van der Waals surface area (Å²) in [4.78, 5) is 28.8. The van der Waals surface area contributed by atoms with Gasteiger partial charge in [-0.05, 0) is 42.2 Å². The molecule has 36 heavy (non-hydrogen) atoms. The zero-order chi connectivity index (χ0) is 26.1. The Bertz CT molecular complexity index is 1160. The number of rotatable bonds is 13. The van der Waals surface area contributed by atoms with Crippen molar-refractivity contribution in [3.63, 3.8) is 0 Å². The second-order valence-electron chi connectivity index (χ2n) is 8.81. The van der Waals surface area contributed by atoms with Crippen molar-refractivity contribution in [1.29, 1.82) is 0 Å². The van der Waals surface area contributed by atoms with Crippen LogP contribution in [0.5, 0.6) is 11.5 Å². The predicted octanol–water partition coefficient (Wildman–Crippen LogP) is 2.83. The number of ether oxygens (including phenoxy) is 3. The number of aromatic nitrogens is 3. The van der Waals surface area contributed by atoms with E-state index in [2.05, 4.69) is 29.5 Å². The van der Waals surface area contributed by atoms with Gasteiger partial charge in [0.2, 0.25) is 11.8 Å². The minimum Gasteiger partial charge on any atom is -0.493 e. The molecule has 0 fully saturated rings. The standard InChI is InChI=1S/C26H35N5O5/c1-18(2)12-13-27-26(33)25(19-10-11-22(35-4)23(16-19)36-5)30(14-15-34-3)24(32)17-31-21-9-7-6-8-20(21)28-29-31/h6-11,16,18,25H,12-15,17H2,1-5H3,(H,27,33)/t25-/m0/s1. The minimum atomic E-state index is -0.908. The van der Waals surface area contributed by atoms with E-state index in [9.17, 15) is 9.59 Å². The van der Waals surface area contributed by atoms with Crippen molar-refractivity contribution in [1.82, 2.24) is 25.2 Å². The van der Waals surface area contributed by atoms with Crippen molar-refractivity contribution in [2.24, 2.45) is 5.92 Å². The van der Waals surface area contributed by atoms with Gasteiger partial charge in [-0.2, -0.15) is 0 Å². The van der Waals surface area contributed by atoms with E-state index in [0.717, 1.165) is 11.9 Å². The molecule has 0 aliphatic carbocycles. The Morgan fingerprint density at radius 1 is 1.06 bits per heavy atom. The molecule has 0 unspecified atom stereocenters. The predicted molar refractivity (Wildman–Crippen MR) is 136 cm³/mol. The molecule has 2 amide bonds. The minimum absolute atomic E-state index is 0.0761. The van der Waals surface area contributed by atoms with Gasteiger partial charge in [0.15, 0.2) is 11.5 Å². The lowest BCUT2D eigenvalue weighted by Gasteiger charge is -2.31. The molecule has 0 saturated carbocycles. The Balaban J connectivity index is 1.98. The maximum absolute atomic E-state index is 13.7. The normalized spacial score (nSPS) is 11.9. The van der Waals surface area contributed by atoms with Crippen molar-refractivity contribution >= 4 is 22.8 Å². The van der Waals surface area contributed by atoms with Gasteiger partial charge in [0, 0.05) is 20.2 Å². The summed E-state index contributed by atoms with van der Waals surface area (Å²) in [6.45, 7) is 5.07. The van der Waals surface area contributed by atoms with Gasteiger partial charge in [0.1, 0.15) is 18.1 Å². The summed E-state index contributed by atoms with van der Waals surface area (Å²) in [5, 5.41) is 11.3. The number of benzene rings is 2. The highest BCUT2D eigenvalue weighted by Gasteiger charge is 2.32. The molecule has 1 atom stereocenters. The summed E-state index contributed by atoms with van der Waals surface area (Å²) in [5.41, 5.74) is 2.03. The molecule has 10 nitrogen and oxygen atoms in total. The topological polar surface area (TPSA) is 108 Å². The Hall–Kier alpha value is -3.66. The number of amides is 2. The molecule has 0 aliphatic rings. The first-order valence-corrected chi connectivity index (χ1v) is 12.0. The SMILES string of the molecule is COCCN(C(=O)Cn1nnc2ccccc21)[C@H](C(=O)NCCC(C)C)c1ccc(OC)c(OC)c1. The number of nitrogens with one attached hydrogen (secondary N) is 1. The van der Waals surface area contributed by atoms with Gasteiger partial charge in [-0.25, -0.2) is 4.68 Å². The van der Waals surface area contributed by atoms with E-state index in [0.29, 0.717) is 35.0 Å². The number of hydrogen-bond donors (Lipinski definition) is 1. The summed E-state index contributed by atoms with van der Waals surface area (Å²) in [6, 6.07) is 11.7. The number of methoxy groups -OCH3 is 3. The van der Waals surface area contributed by atoms with Gasteiger partial charge in [-0.15, -0.1) is 5.10 Å². The summed E-state index contributed by atoms with van der Waals surface area (Å²) >= 11 is 0. The highest BCUT2D eigenvalue weighted by atomic mass is 16.5. The average Bonchev–Trinajstić information content (AvgIpc) is 3.28. The van der Waals surface area contributed by atoms with Crippen LogP contribution in [0.15, 0.2) is 42.5 Å². The fourth-order valence-electron chi connectivity index (χ4n) is 3.92. The lowest BCUT2D eigenvalue weighted by atomic mass is 10.0. The Kier molecular flexibility index (Phi) is 9.63.